The lowest BCUT2D eigenvalue weighted by molar-refractivity contribution is 0.0453. The van der Waals surface area contributed by atoms with E-state index in [1.807, 2.05) is 56.0 Å². The molecular weight excluding hydrogens is 589 g/mol. The molecule has 7 nitrogen and oxygen atoms in total. The van der Waals surface area contributed by atoms with Crippen molar-refractivity contribution in [2.24, 2.45) is 0 Å². The molecule has 0 bridgehead atoms. The van der Waals surface area contributed by atoms with Crippen molar-refractivity contribution in [2.75, 3.05) is 7.11 Å². The highest BCUT2D eigenvalue weighted by molar-refractivity contribution is 7.21. The molecule has 0 saturated heterocycles. The molecule has 2 aromatic heterocycles. The van der Waals surface area contributed by atoms with Crippen LogP contribution in [0.3, 0.4) is 0 Å². The summed E-state index contributed by atoms with van der Waals surface area (Å²) < 4.78 is 26.5. The predicted octanol–water partition coefficient (Wildman–Crippen LogP) is 8.24. The molecule has 5 rings (SSSR count). The first-order valence-electron chi connectivity index (χ1n) is 14.3. The van der Waals surface area contributed by atoms with Gasteiger partial charge in [0.1, 0.15) is 22.0 Å². The van der Waals surface area contributed by atoms with Gasteiger partial charge in [0, 0.05) is 52.2 Å². The number of ether oxygens (including phenoxy) is 2. The first-order valence-corrected chi connectivity index (χ1v) is 15.5. The molecule has 4 aromatic rings. The molecule has 43 heavy (non-hydrogen) atoms. The van der Waals surface area contributed by atoms with Crippen LogP contribution in [0.1, 0.15) is 61.7 Å². The Bertz CT molecular complexity index is 1610. The Labute approximate surface area is 260 Å². The maximum atomic E-state index is 14.7. The van der Waals surface area contributed by atoms with Crippen LogP contribution in [0.4, 0.5) is 9.18 Å². The largest absolute Gasteiger partial charge is 0.496 e. The van der Waals surface area contributed by atoms with Gasteiger partial charge in [0.05, 0.1) is 12.1 Å². The molecule has 0 aliphatic heterocycles. The lowest BCUT2D eigenvalue weighted by Gasteiger charge is -2.37. The number of amides is 2. The van der Waals surface area contributed by atoms with Crippen LogP contribution in [0.2, 0.25) is 5.02 Å². The third kappa shape index (κ3) is 7.11. The third-order valence-electron chi connectivity index (χ3n) is 7.54. The van der Waals surface area contributed by atoms with Crippen LogP contribution in [-0.4, -0.2) is 46.7 Å². The number of aromatic nitrogens is 1. The summed E-state index contributed by atoms with van der Waals surface area (Å²) in [4.78, 5) is 33.1. The fraction of sp³-hybridized carbons (Fsp3) is 0.364. The first-order chi connectivity index (χ1) is 20.5. The number of fused-ring (bicyclic) bond motifs is 1. The second kappa shape index (κ2) is 12.9. The van der Waals surface area contributed by atoms with E-state index >= 15 is 0 Å². The monoisotopic (exact) mass is 623 g/mol. The van der Waals surface area contributed by atoms with Crippen LogP contribution < -0.4 is 10.1 Å². The highest BCUT2D eigenvalue weighted by atomic mass is 35.5. The summed E-state index contributed by atoms with van der Waals surface area (Å²) in [5, 5.41) is 3.36. The number of methoxy groups -OCH3 is 1. The van der Waals surface area contributed by atoms with Crippen LogP contribution in [0.25, 0.3) is 21.2 Å². The molecule has 1 saturated carbocycles. The Morgan fingerprint density at radius 1 is 1.09 bits per heavy atom. The third-order valence-corrected chi connectivity index (χ3v) is 9.17. The van der Waals surface area contributed by atoms with Crippen molar-refractivity contribution in [3.63, 3.8) is 0 Å². The van der Waals surface area contributed by atoms with Crippen molar-refractivity contribution in [1.29, 1.82) is 0 Å². The number of nitrogens with zero attached hydrogens (tertiary/aromatic N) is 2. The van der Waals surface area contributed by atoms with Gasteiger partial charge in [-0.1, -0.05) is 29.8 Å². The smallest absolute Gasteiger partial charge is 0.407 e. The number of benzene rings is 2. The summed E-state index contributed by atoms with van der Waals surface area (Å²) >= 11 is 7.87. The molecule has 0 radical (unpaired) electrons. The van der Waals surface area contributed by atoms with E-state index in [0.717, 1.165) is 16.7 Å². The molecule has 10 heteroatoms. The van der Waals surface area contributed by atoms with E-state index in [4.69, 9.17) is 21.1 Å². The molecule has 226 valence electrons. The number of nitrogens with one attached hydrogen (secondary N) is 1. The van der Waals surface area contributed by atoms with E-state index in [9.17, 15) is 14.0 Å². The Kier molecular flexibility index (Phi) is 9.22. The molecule has 1 fully saturated rings. The van der Waals surface area contributed by atoms with Crippen LogP contribution in [0, 0.1) is 5.82 Å². The number of hydrogen-bond donors (Lipinski definition) is 1. The second-order valence-electron chi connectivity index (χ2n) is 11.7. The van der Waals surface area contributed by atoms with Crippen molar-refractivity contribution in [1.82, 2.24) is 15.2 Å². The van der Waals surface area contributed by atoms with Crippen molar-refractivity contribution in [2.45, 2.75) is 70.7 Å². The Morgan fingerprint density at radius 2 is 1.86 bits per heavy atom. The van der Waals surface area contributed by atoms with Gasteiger partial charge in [-0.15, -0.1) is 11.3 Å². The first kappa shape index (κ1) is 30.8. The quantitative estimate of drug-likeness (QED) is 0.224. The summed E-state index contributed by atoms with van der Waals surface area (Å²) in [6.45, 7) is 5.75. The average Bonchev–Trinajstić information content (AvgIpc) is 3.32. The normalized spacial score (nSPS) is 17.0. The van der Waals surface area contributed by atoms with E-state index < -0.39 is 17.5 Å². The van der Waals surface area contributed by atoms with Crippen LogP contribution in [-0.2, 0) is 11.3 Å². The van der Waals surface area contributed by atoms with Crippen molar-refractivity contribution in [3.8, 4) is 16.9 Å². The number of hydrogen-bond acceptors (Lipinski definition) is 6. The minimum atomic E-state index is -0.586. The molecule has 1 N–H and O–H groups in total. The predicted molar refractivity (Wildman–Crippen MR) is 168 cm³/mol. The van der Waals surface area contributed by atoms with Gasteiger partial charge in [0.15, 0.2) is 0 Å². The fourth-order valence-electron chi connectivity index (χ4n) is 5.51. The zero-order valence-corrected chi connectivity index (χ0v) is 26.2. The summed E-state index contributed by atoms with van der Waals surface area (Å²) in [7, 11) is 1.61. The van der Waals surface area contributed by atoms with Gasteiger partial charge in [-0.2, -0.15) is 0 Å². The fourth-order valence-corrected chi connectivity index (χ4v) is 7.02. The van der Waals surface area contributed by atoms with Crippen LogP contribution in [0.15, 0.2) is 60.9 Å². The number of thiophene rings is 1. The zero-order valence-electron chi connectivity index (χ0n) is 24.7. The van der Waals surface area contributed by atoms with Gasteiger partial charge in [0.2, 0.25) is 0 Å². The van der Waals surface area contributed by atoms with Gasteiger partial charge in [0.25, 0.3) is 5.91 Å². The van der Waals surface area contributed by atoms with Crippen molar-refractivity contribution >= 4 is 45.0 Å². The Morgan fingerprint density at radius 3 is 2.51 bits per heavy atom. The summed E-state index contributed by atoms with van der Waals surface area (Å²) in [5.41, 5.74) is 2.14. The summed E-state index contributed by atoms with van der Waals surface area (Å²) in [5.74, 6) is -0.0638. The maximum absolute atomic E-state index is 14.7. The van der Waals surface area contributed by atoms with Crippen molar-refractivity contribution < 1.29 is 23.5 Å². The molecular formula is C33H35ClFN3O4S. The lowest BCUT2D eigenvalue weighted by Crippen LogP contribution is -2.46. The highest BCUT2D eigenvalue weighted by Gasteiger charge is 2.33. The second-order valence-corrected chi connectivity index (χ2v) is 13.1. The number of alkyl carbamates (subject to hydrolysis) is 1. The zero-order chi connectivity index (χ0) is 30.7. The SMILES string of the molecule is COc1ccc(-c2cccnc2)cc1CN(C(=O)c1sc2cccc(F)c2c1Cl)C1CCC(NC(=O)OC(C)(C)C)CC1. The molecule has 1 aliphatic carbocycles. The maximum Gasteiger partial charge on any atom is 0.407 e. The van der Waals surface area contributed by atoms with Gasteiger partial charge in [-0.05, 0) is 82.3 Å². The van der Waals surface area contributed by atoms with Crippen LogP contribution in [0.5, 0.6) is 5.75 Å². The summed E-state index contributed by atoms with van der Waals surface area (Å²) in [6, 6.07) is 14.3. The molecule has 1 aliphatic rings. The lowest BCUT2D eigenvalue weighted by atomic mass is 9.89. The number of carbonyl (C=O) groups is 2. The van der Waals surface area contributed by atoms with E-state index in [1.54, 1.807) is 31.6 Å². The van der Waals surface area contributed by atoms with Crippen molar-refractivity contribution in [3.05, 3.63) is 82.2 Å². The molecule has 0 unspecified atom stereocenters. The van der Waals surface area contributed by atoms with Gasteiger partial charge < -0.3 is 19.7 Å². The van der Waals surface area contributed by atoms with Gasteiger partial charge >= 0.3 is 6.09 Å². The molecule has 2 heterocycles. The summed E-state index contributed by atoms with van der Waals surface area (Å²) in [6.07, 6.45) is 5.74. The van der Waals surface area contributed by atoms with E-state index in [-0.39, 0.29) is 34.9 Å². The number of halogens is 2. The standard InChI is InChI=1S/C33H35ClFN3O4S/c1-33(2,3)42-32(40)37-23-11-13-24(14-12-23)38(31(39)30-29(34)28-25(35)8-5-9-27(28)43-30)19-22-17-20(10-15-26(22)41-4)21-7-6-16-36-18-21/h5-10,15-18,23-24H,11-14,19H2,1-4H3,(H,37,40). The topological polar surface area (TPSA) is 80.8 Å². The highest BCUT2D eigenvalue weighted by Crippen LogP contribution is 2.39. The molecule has 2 amide bonds. The van der Waals surface area contributed by atoms with Crippen LogP contribution >= 0.6 is 22.9 Å². The molecule has 0 atom stereocenters. The number of pyridine rings is 1. The Hall–Kier alpha value is -3.69. The Balaban J connectivity index is 1.45. The van der Waals surface area contributed by atoms with Gasteiger partial charge in [-0.25, -0.2) is 9.18 Å². The van der Waals surface area contributed by atoms with E-state index in [1.165, 1.54) is 17.4 Å². The van der Waals surface area contributed by atoms with E-state index in [0.29, 0.717) is 41.0 Å². The molecule has 2 aromatic carbocycles. The van der Waals surface area contributed by atoms with Gasteiger partial charge in [-0.3, -0.25) is 9.78 Å². The number of rotatable bonds is 7. The minimum absolute atomic E-state index is 0.0616. The molecule has 0 spiro atoms. The average molecular weight is 624 g/mol. The van der Waals surface area contributed by atoms with E-state index in [2.05, 4.69) is 10.3 Å². The minimum Gasteiger partial charge on any atom is -0.496 e. The number of carbonyl (C=O) groups excluding carboxylic acids is 2.